The highest BCUT2D eigenvalue weighted by atomic mass is 16.2. The molecule has 2 rings (SSSR count). The minimum Gasteiger partial charge on any atom is -0.339 e. The standard InChI is InChI=1S/C16H17N5O/c1-11(2)19-16(22)20-13-7-8-15(18-10-13)21-14-6-4-3-5-12(14)9-17/h3-8,10-11H,1-2H3,(H,18,21)(H2,19,20,22). The molecule has 0 aliphatic rings. The number of rotatable bonds is 4. The van der Waals surface area contributed by atoms with Gasteiger partial charge in [0.2, 0.25) is 0 Å². The van der Waals surface area contributed by atoms with Crippen molar-refractivity contribution in [3.8, 4) is 6.07 Å². The van der Waals surface area contributed by atoms with Crippen LogP contribution >= 0.6 is 0 Å². The third kappa shape index (κ3) is 4.21. The van der Waals surface area contributed by atoms with E-state index in [4.69, 9.17) is 5.26 Å². The maximum absolute atomic E-state index is 11.6. The van der Waals surface area contributed by atoms with E-state index in [0.29, 0.717) is 22.8 Å². The summed E-state index contributed by atoms with van der Waals surface area (Å²) in [6.07, 6.45) is 1.55. The molecule has 0 spiro atoms. The van der Waals surface area contributed by atoms with E-state index in [1.54, 1.807) is 30.5 Å². The topological polar surface area (TPSA) is 89.8 Å². The predicted molar refractivity (Wildman–Crippen MR) is 86.0 cm³/mol. The van der Waals surface area contributed by atoms with E-state index in [0.717, 1.165) is 0 Å². The number of carbonyl (C=O) groups excluding carboxylic acids is 1. The van der Waals surface area contributed by atoms with Crippen LogP contribution in [0.5, 0.6) is 0 Å². The normalized spacial score (nSPS) is 9.91. The molecule has 0 fully saturated rings. The molecule has 0 atom stereocenters. The van der Waals surface area contributed by atoms with Gasteiger partial charge < -0.3 is 16.0 Å². The van der Waals surface area contributed by atoms with Crippen molar-refractivity contribution >= 4 is 23.2 Å². The zero-order valence-electron chi connectivity index (χ0n) is 12.4. The van der Waals surface area contributed by atoms with Gasteiger partial charge in [-0.3, -0.25) is 0 Å². The SMILES string of the molecule is CC(C)NC(=O)Nc1ccc(Nc2ccccc2C#N)nc1. The number of amides is 2. The third-order valence-electron chi connectivity index (χ3n) is 2.75. The lowest BCUT2D eigenvalue weighted by Crippen LogP contribution is -2.34. The van der Waals surface area contributed by atoms with Gasteiger partial charge in [-0.2, -0.15) is 5.26 Å². The number of aromatic nitrogens is 1. The van der Waals surface area contributed by atoms with Crippen molar-refractivity contribution in [1.82, 2.24) is 10.3 Å². The smallest absolute Gasteiger partial charge is 0.319 e. The minimum absolute atomic E-state index is 0.0661. The second kappa shape index (κ2) is 7.09. The Labute approximate surface area is 129 Å². The first-order valence-electron chi connectivity index (χ1n) is 6.88. The second-order valence-electron chi connectivity index (χ2n) is 4.97. The van der Waals surface area contributed by atoms with Crippen molar-refractivity contribution < 1.29 is 4.79 Å². The van der Waals surface area contributed by atoms with Crippen molar-refractivity contribution in [2.75, 3.05) is 10.6 Å². The first kappa shape index (κ1) is 15.3. The molecule has 6 heteroatoms. The molecule has 22 heavy (non-hydrogen) atoms. The Bertz CT molecular complexity index is 688. The molecule has 0 radical (unpaired) electrons. The number of pyridine rings is 1. The van der Waals surface area contributed by atoms with Crippen LogP contribution in [0.3, 0.4) is 0 Å². The summed E-state index contributed by atoms with van der Waals surface area (Å²) in [6.45, 7) is 3.77. The number of nitrogens with zero attached hydrogens (tertiary/aromatic N) is 2. The fourth-order valence-electron chi connectivity index (χ4n) is 1.80. The number of hydrogen-bond acceptors (Lipinski definition) is 4. The summed E-state index contributed by atoms with van der Waals surface area (Å²) in [5.41, 5.74) is 1.83. The summed E-state index contributed by atoms with van der Waals surface area (Å²) >= 11 is 0. The van der Waals surface area contributed by atoms with E-state index < -0.39 is 0 Å². The number of benzene rings is 1. The minimum atomic E-state index is -0.271. The Hall–Kier alpha value is -3.07. The molecule has 0 saturated carbocycles. The largest absolute Gasteiger partial charge is 0.339 e. The molecule has 1 heterocycles. The average Bonchev–Trinajstić information content (AvgIpc) is 2.49. The van der Waals surface area contributed by atoms with Crippen molar-refractivity contribution in [2.45, 2.75) is 19.9 Å². The van der Waals surface area contributed by atoms with Gasteiger partial charge in [0.05, 0.1) is 23.1 Å². The van der Waals surface area contributed by atoms with Gasteiger partial charge in [-0.25, -0.2) is 9.78 Å². The molecule has 0 aliphatic carbocycles. The van der Waals surface area contributed by atoms with Gasteiger partial charge >= 0.3 is 6.03 Å². The number of urea groups is 1. The number of carbonyl (C=O) groups is 1. The number of anilines is 3. The van der Waals surface area contributed by atoms with Crippen LogP contribution in [0.2, 0.25) is 0 Å². The van der Waals surface area contributed by atoms with Crippen LogP contribution in [0.15, 0.2) is 42.6 Å². The lowest BCUT2D eigenvalue weighted by Gasteiger charge is -2.11. The summed E-state index contributed by atoms with van der Waals surface area (Å²) in [6, 6.07) is 12.6. The van der Waals surface area contributed by atoms with E-state index >= 15 is 0 Å². The zero-order chi connectivity index (χ0) is 15.9. The lowest BCUT2D eigenvalue weighted by molar-refractivity contribution is 0.250. The van der Waals surface area contributed by atoms with Crippen LogP contribution in [0.25, 0.3) is 0 Å². The Morgan fingerprint density at radius 3 is 2.64 bits per heavy atom. The van der Waals surface area contributed by atoms with Gasteiger partial charge in [0.25, 0.3) is 0 Å². The van der Waals surface area contributed by atoms with E-state index in [1.807, 2.05) is 26.0 Å². The maximum Gasteiger partial charge on any atom is 0.319 e. The monoisotopic (exact) mass is 295 g/mol. The maximum atomic E-state index is 11.6. The number of hydrogen-bond donors (Lipinski definition) is 3. The molecule has 0 saturated heterocycles. The van der Waals surface area contributed by atoms with Gasteiger partial charge in [0.1, 0.15) is 11.9 Å². The molecule has 112 valence electrons. The molecule has 6 nitrogen and oxygen atoms in total. The summed E-state index contributed by atoms with van der Waals surface area (Å²) in [5, 5.41) is 17.5. The second-order valence-corrected chi connectivity index (χ2v) is 4.97. The first-order chi connectivity index (χ1) is 10.6. The lowest BCUT2D eigenvalue weighted by atomic mass is 10.2. The molecular formula is C16H17N5O. The van der Waals surface area contributed by atoms with Crippen LogP contribution in [-0.4, -0.2) is 17.1 Å². The van der Waals surface area contributed by atoms with Gasteiger partial charge in [-0.05, 0) is 38.1 Å². The van der Waals surface area contributed by atoms with E-state index in [-0.39, 0.29) is 12.1 Å². The van der Waals surface area contributed by atoms with Crippen LogP contribution in [0.4, 0.5) is 22.0 Å². The fourth-order valence-corrected chi connectivity index (χ4v) is 1.80. The molecule has 1 aromatic carbocycles. The zero-order valence-corrected chi connectivity index (χ0v) is 12.4. The number of nitrogens with one attached hydrogen (secondary N) is 3. The van der Waals surface area contributed by atoms with E-state index in [1.165, 1.54) is 0 Å². The molecule has 3 N–H and O–H groups in total. The molecule has 0 aliphatic heterocycles. The number of nitriles is 1. The summed E-state index contributed by atoms with van der Waals surface area (Å²) in [5.74, 6) is 0.595. The average molecular weight is 295 g/mol. The summed E-state index contributed by atoms with van der Waals surface area (Å²) in [7, 11) is 0. The summed E-state index contributed by atoms with van der Waals surface area (Å²) in [4.78, 5) is 15.8. The summed E-state index contributed by atoms with van der Waals surface area (Å²) < 4.78 is 0. The first-order valence-corrected chi connectivity index (χ1v) is 6.88. The predicted octanol–water partition coefficient (Wildman–Crippen LogP) is 3.23. The van der Waals surface area contributed by atoms with Crippen molar-refractivity contribution in [3.63, 3.8) is 0 Å². The Balaban J connectivity index is 2.03. The quantitative estimate of drug-likeness (QED) is 0.807. The van der Waals surface area contributed by atoms with Crippen LogP contribution < -0.4 is 16.0 Å². The van der Waals surface area contributed by atoms with Gasteiger partial charge in [-0.1, -0.05) is 12.1 Å². The third-order valence-corrected chi connectivity index (χ3v) is 2.75. The molecular weight excluding hydrogens is 278 g/mol. The molecule has 0 unspecified atom stereocenters. The van der Waals surface area contributed by atoms with Crippen LogP contribution in [0.1, 0.15) is 19.4 Å². The van der Waals surface area contributed by atoms with E-state index in [9.17, 15) is 4.79 Å². The van der Waals surface area contributed by atoms with Gasteiger partial charge in [-0.15, -0.1) is 0 Å². The van der Waals surface area contributed by atoms with E-state index in [2.05, 4.69) is 27.0 Å². The van der Waals surface area contributed by atoms with Crippen molar-refractivity contribution in [1.29, 1.82) is 5.26 Å². The highest BCUT2D eigenvalue weighted by molar-refractivity contribution is 5.89. The number of para-hydroxylation sites is 1. The Morgan fingerprint density at radius 2 is 2.00 bits per heavy atom. The van der Waals surface area contributed by atoms with Gasteiger partial charge in [0, 0.05) is 6.04 Å². The van der Waals surface area contributed by atoms with Crippen molar-refractivity contribution in [2.24, 2.45) is 0 Å². The molecule has 1 aromatic heterocycles. The Morgan fingerprint density at radius 1 is 1.23 bits per heavy atom. The van der Waals surface area contributed by atoms with Crippen molar-refractivity contribution in [3.05, 3.63) is 48.2 Å². The van der Waals surface area contributed by atoms with Crippen LogP contribution in [-0.2, 0) is 0 Å². The molecule has 2 aromatic rings. The molecule has 2 amide bonds. The highest BCUT2D eigenvalue weighted by Crippen LogP contribution is 2.19. The van der Waals surface area contributed by atoms with Crippen LogP contribution in [0, 0.1) is 11.3 Å². The molecule has 0 bridgehead atoms. The highest BCUT2D eigenvalue weighted by Gasteiger charge is 2.05. The van der Waals surface area contributed by atoms with Gasteiger partial charge in [0.15, 0.2) is 0 Å². The fraction of sp³-hybridized carbons (Fsp3) is 0.188. The Kier molecular flexibility index (Phi) is 4.94.